The summed E-state index contributed by atoms with van der Waals surface area (Å²) < 4.78 is 43.5. The fraction of sp³-hybridized carbons (Fsp3) is 0.600. The number of hydrogen-bond donors (Lipinski definition) is 1. The maximum atomic E-state index is 12.7. The Balaban J connectivity index is 2.90. The van der Waals surface area contributed by atoms with Crippen LogP contribution in [0, 0.1) is 0 Å². The molecule has 18 heavy (non-hydrogen) atoms. The van der Waals surface area contributed by atoms with Crippen molar-refractivity contribution in [3.8, 4) is 0 Å². The third-order valence-electron chi connectivity index (χ3n) is 1.84. The minimum atomic E-state index is -4.60. The van der Waals surface area contributed by atoms with Crippen LogP contribution in [0.25, 0.3) is 0 Å². The van der Waals surface area contributed by atoms with Crippen molar-refractivity contribution in [1.29, 1.82) is 0 Å². The zero-order valence-corrected chi connectivity index (χ0v) is 10.4. The fourth-order valence-electron chi connectivity index (χ4n) is 1.28. The summed E-state index contributed by atoms with van der Waals surface area (Å²) in [5, 5.41) is 5.49. The number of aryl methyl sites for hydroxylation is 1. The molecule has 1 N–H and O–H groups in total. The monoisotopic (exact) mass is 265 g/mol. The van der Waals surface area contributed by atoms with E-state index in [-0.39, 0.29) is 0 Å². The minimum Gasteiger partial charge on any atom is -0.444 e. The molecule has 0 aliphatic rings. The van der Waals surface area contributed by atoms with Gasteiger partial charge in [-0.25, -0.2) is 4.79 Å². The van der Waals surface area contributed by atoms with Crippen molar-refractivity contribution in [1.82, 2.24) is 9.78 Å². The lowest BCUT2D eigenvalue weighted by Crippen LogP contribution is -2.28. The summed E-state index contributed by atoms with van der Waals surface area (Å²) in [7, 11) is 1.14. The van der Waals surface area contributed by atoms with Crippen LogP contribution >= 0.6 is 0 Å². The lowest BCUT2D eigenvalue weighted by molar-refractivity contribution is -0.143. The van der Waals surface area contributed by atoms with Gasteiger partial charge in [0, 0.05) is 7.05 Å². The number of carbonyl (C=O) groups is 1. The molecule has 1 amide bonds. The van der Waals surface area contributed by atoms with Gasteiger partial charge in [0.1, 0.15) is 5.60 Å². The molecule has 1 heterocycles. The molecule has 1 aromatic rings. The molecular weight excluding hydrogens is 251 g/mol. The van der Waals surface area contributed by atoms with E-state index in [0.29, 0.717) is 4.68 Å². The molecule has 5 nitrogen and oxygen atoms in total. The first-order chi connectivity index (χ1) is 8.00. The van der Waals surface area contributed by atoms with Gasteiger partial charge in [0.2, 0.25) is 0 Å². The van der Waals surface area contributed by atoms with Gasteiger partial charge >= 0.3 is 12.3 Å². The van der Waals surface area contributed by atoms with E-state index in [1.807, 2.05) is 5.32 Å². The third-order valence-corrected chi connectivity index (χ3v) is 1.84. The lowest BCUT2D eigenvalue weighted by Gasteiger charge is -2.19. The molecule has 0 atom stereocenters. The number of anilines is 1. The van der Waals surface area contributed by atoms with Crippen LogP contribution in [-0.4, -0.2) is 21.5 Å². The van der Waals surface area contributed by atoms with Crippen LogP contribution in [0.5, 0.6) is 0 Å². The fourth-order valence-corrected chi connectivity index (χ4v) is 1.28. The SMILES string of the molecule is Cn1ncc(NC(=O)OC(C)(C)C)c1C(F)(F)F. The molecule has 0 saturated carbocycles. The predicted molar refractivity (Wildman–Crippen MR) is 58.1 cm³/mol. The maximum Gasteiger partial charge on any atom is 0.435 e. The molecule has 0 saturated heterocycles. The highest BCUT2D eigenvalue weighted by atomic mass is 19.4. The van der Waals surface area contributed by atoms with Crippen molar-refractivity contribution < 1.29 is 22.7 Å². The highest BCUT2D eigenvalue weighted by Gasteiger charge is 2.38. The van der Waals surface area contributed by atoms with E-state index in [9.17, 15) is 18.0 Å². The number of aromatic nitrogens is 2. The minimum absolute atomic E-state index is 0.431. The van der Waals surface area contributed by atoms with Crippen LogP contribution < -0.4 is 5.32 Å². The molecule has 1 rings (SSSR count). The average molecular weight is 265 g/mol. The van der Waals surface area contributed by atoms with Gasteiger partial charge in [-0.05, 0) is 20.8 Å². The summed E-state index contributed by atoms with van der Waals surface area (Å²) >= 11 is 0. The van der Waals surface area contributed by atoms with E-state index in [1.54, 1.807) is 20.8 Å². The Morgan fingerprint density at radius 2 is 1.94 bits per heavy atom. The second-order valence-corrected chi connectivity index (χ2v) is 4.66. The van der Waals surface area contributed by atoms with Gasteiger partial charge in [0.05, 0.1) is 11.9 Å². The molecule has 102 valence electrons. The number of amides is 1. The Morgan fingerprint density at radius 1 is 1.39 bits per heavy atom. The molecule has 8 heteroatoms. The van der Waals surface area contributed by atoms with Gasteiger partial charge in [-0.15, -0.1) is 0 Å². The van der Waals surface area contributed by atoms with Gasteiger partial charge in [0.15, 0.2) is 5.69 Å². The molecule has 0 radical (unpaired) electrons. The quantitative estimate of drug-likeness (QED) is 0.849. The molecule has 1 aromatic heterocycles. The second-order valence-electron chi connectivity index (χ2n) is 4.66. The van der Waals surface area contributed by atoms with Crippen LogP contribution in [0.2, 0.25) is 0 Å². The first-order valence-corrected chi connectivity index (χ1v) is 5.10. The van der Waals surface area contributed by atoms with Crippen molar-refractivity contribution >= 4 is 11.8 Å². The van der Waals surface area contributed by atoms with Crippen molar-refractivity contribution in [2.24, 2.45) is 7.05 Å². The predicted octanol–water partition coefficient (Wildman–Crippen LogP) is 2.79. The second kappa shape index (κ2) is 4.51. The van der Waals surface area contributed by atoms with Crippen LogP contribution in [0.4, 0.5) is 23.7 Å². The summed E-state index contributed by atoms with van der Waals surface area (Å²) in [6, 6.07) is 0. The third kappa shape index (κ3) is 3.64. The van der Waals surface area contributed by atoms with Crippen molar-refractivity contribution in [3.05, 3.63) is 11.9 Å². The zero-order chi connectivity index (χ0) is 14.1. The first-order valence-electron chi connectivity index (χ1n) is 5.10. The van der Waals surface area contributed by atoms with E-state index in [0.717, 1.165) is 13.2 Å². The van der Waals surface area contributed by atoms with E-state index in [1.165, 1.54) is 0 Å². The smallest absolute Gasteiger partial charge is 0.435 e. The summed E-state index contributed by atoms with van der Waals surface area (Å²) in [4.78, 5) is 11.4. The van der Waals surface area contributed by atoms with E-state index in [2.05, 4.69) is 5.10 Å². The van der Waals surface area contributed by atoms with Crippen LogP contribution in [-0.2, 0) is 18.0 Å². The van der Waals surface area contributed by atoms with Crippen molar-refractivity contribution in [2.45, 2.75) is 32.5 Å². The normalized spacial score (nSPS) is 12.4. The van der Waals surface area contributed by atoms with Gasteiger partial charge in [-0.3, -0.25) is 10.00 Å². The molecule has 0 aliphatic heterocycles. The highest BCUT2D eigenvalue weighted by molar-refractivity contribution is 5.85. The Bertz CT molecular complexity index is 446. The van der Waals surface area contributed by atoms with E-state index in [4.69, 9.17) is 4.74 Å². The number of nitrogens with zero attached hydrogens (tertiary/aromatic N) is 2. The number of hydrogen-bond acceptors (Lipinski definition) is 3. The van der Waals surface area contributed by atoms with Crippen LogP contribution in [0.1, 0.15) is 26.5 Å². The standard InChI is InChI=1S/C10H14F3N3O2/c1-9(2,3)18-8(17)15-6-5-14-16(4)7(6)10(11,12)13/h5H,1-4H3,(H,15,17). The molecule has 0 aromatic carbocycles. The van der Waals surface area contributed by atoms with Crippen molar-refractivity contribution in [2.75, 3.05) is 5.32 Å². The largest absolute Gasteiger partial charge is 0.444 e. The number of ether oxygens (including phenoxy) is 1. The number of carbonyl (C=O) groups excluding carboxylic acids is 1. The average Bonchev–Trinajstić information content (AvgIpc) is 2.41. The first kappa shape index (κ1) is 14.3. The van der Waals surface area contributed by atoms with Gasteiger partial charge in [-0.1, -0.05) is 0 Å². The lowest BCUT2D eigenvalue weighted by atomic mass is 10.2. The van der Waals surface area contributed by atoms with E-state index < -0.39 is 29.3 Å². The number of nitrogens with one attached hydrogen (secondary N) is 1. The van der Waals surface area contributed by atoms with Crippen LogP contribution in [0.15, 0.2) is 6.20 Å². The Labute approximate surface area is 102 Å². The number of halogens is 3. The summed E-state index contributed by atoms with van der Waals surface area (Å²) in [5.74, 6) is 0. The van der Waals surface area contributed by atoms with Crippen molar-refractivity contribution in [3.63, 3.8) is 0 Å². The molecule has 0 bridgehead atoms. The summed E-state index contributed by atoms with van der Waals surface area (Å²) in [6.45, 7) is 4.83. The van der Waals surface area contributed by atoms with Crippen LogP contribution in [0.3, 0.4) is 0 Å². The maximum absolute atomic E-state index is 12.7. The molecule has 0 spiro atoms. The van der Waals surface area contributed by atoms with Gasteiger partial charge in [0.25, 0.3) is 0 Å². The summed E-state index contributed by atoms with van der Waals surface area (Å²) in [6.07, 6.45) is -4.64. The highest BCUT2D eigenvalue weighted by Crippen LogP contribution is 2.34. The van der Waals surface area contributed by atoms with E-state index >= 15 is 0 Å². The Kier molecular flexibility index (Phi) is 3.59. The molecule has 0 fully saturated rings. The van der Waals surface area contributed by atoms with Gasteiger partial charge in [-0.2, -0.15) is 18.3 Å². The molecule has 0 unspecified atom stereocenters. The molecule has 0 aliphatic carbocycles. The number of alkyl halides is 3. The Hall–Kier alpha value is -1.73. The van der Waals surface area contributed by atoms with Gasteiger partial charge < -0.3 is 4.74 Å². The zero-order valence-electron chi connectivity index (χ0n) is 10.4. The Morgan fingerprint density at radius 3 is 2.39 bits per heavy atom. The topological polar surface area (TPSA) is 56.2 Å². The number of rotatable bonds is 1. The molecular formula is C10H14F3N3O2. The summed E-state index contributed by atoms with van der Waals surface area (Å²) in [5.41, 5.74) is -2.25.